The van der Waals surface area contributed by atoms with Gasteiger partial charge in [-0.25, -0.2) is 18.9 Å². The quantitative estimate of drug-likeness (QED) is 0.334. The molecule has 0 amide bonds. The summed E-state index contributed by atoms with van der Waals surface area (Å²) in [5.74, 6) is 0.737. The van der Waals surface area contributed by atoms with Gasteiger partial charge in [0.15, 0.2) is 5.65 Å². The smallest absolute Gasteiger partial charge is 0.420 e. The van der Waals surface area contributed by atoms with Crippen LogP contribution in [0.2, 0.25) is 0 Å². The van der Waals surface area contributed by atoms with Crippen LogP contribution in [0.15, 0.2) is 12.5 Å². The van der Waals surface area contributed by atoms with Crippen molar-refractivity contribution in [3.8, 4) is 11.3 Å². The van der Waals surface area contributed by atoms with Crippen LogP contribution in [0.3, 0.4) is 0 Å². The lowest BCUT2D eigenvalue weighted by molar-refractivity contribution is 0.0547. The molecule has 0 bridgehead atoms. The molecule has 1 saturated heterocycles. The largest absolute Gasteiger partial charge is 0.443 e. The fourth-order valence-electron chi connectivity index (χ4n) is 5.55. The highest BCUT2D eigenvalue weighted by Gasteiger charge is 2.33. The van der Waals surface area contributed by atoms with Crippen molar-refractivity contribution in [2.75, 3.05) is 13.1 Å². The van der Waals surface area contributed by atoms with Crippen LogP contribution in [0.1, 0.15) is 86.4 Å². The molecule has 0 saturated carbocycles. The van der Waals surface area contributed by atoms with Gasteiger partial charge in [-0.2, -0.15) is 5.10 Å². The van der Waals surface area contributed by atoms with E-state index in [1.807, 2.05) is 36.1 Å². The Hall–Kier alpha value is -2.71. The molecular formula is C28H37N5O2S. The number of hydrogen-bond acceptors (Lipinski definition) is 6. The molecule has 4 aromatic heterocycles. The van der Waals surface area contributed by atoms with Crippen molar-refractivity contribution >= 4 is 33.3 Å². The van der Waals surface area contributed by atoms with Crippen LogP contribution in [0, 0.1) is 20.8 Å². The lowest BCUT2D eigenvalue weighted by atomic mass is 9.90. The summed E-state index contributed by atoms with van der Waals surface area (Å²) in [5.41, 5.74) is 6.81. The summed E-state index contributed by atoms with van der Waals surface area (Å²) in [6.07, 6.45) is 5.52. The predicted octanol–water partition coefficient (Wildman–Crippen LogP) is 6.71. The van der Waals surface area contributed by atoms with Crippen molar-refractivity contribution in [2.24, 2.45) is 0 Å². The Bertz CT molecular complexity index is 1460. The van der Waals surface area contributed by atoms with E-state index in [0.717, 1.165) is 58.8 Å². The van der Waals surface area contributed by atoms with Crippen LogP contribution in [-0.2, 0) is 4.74 Å². The van der Waals surface area contributed by atoms with E-state index < -0.39 is 5.60 Å². The zero-order chi connectivity index (χ0) is 25.9. The SMILES string of the molecule is Cc1c(-c2c(C(C)C)c3c(C)c(C4CCNCC4)sc3n2C(=O)OC(C)(C)C)cn2ncnc2c1C. The van der Waals surface area contributed by atoms with Crippen molar-refractivity contribution in [3.63, 3.8) is 0 Å². The summed E-state index contributed by atoms with van der Waals surface area (Å²) in [6, 6.07) is 0. The lowest BCUT2D eigenvalue weighted by Gasteiger charge is -2.23. The third-order valence-corrected chi connectivity index (χ3v) is 8.80. The van der Waals surface area contributed by atoms with Crippen molar-refractivity contribution in [3.05, 3.63) is 39.7 Å². The van der Waals surface area contributed by atoms with Crippen LogP contribution in [0.4, 0.5) is 4.79 Å². The summed E-state index contributed by atoms with van der Waals surface area (Å²) in [4.78, 5) is 20.8. The first-order valence-corrected chi connectivity index (χ1v) is 13.7. The number of thiophene rings is 1. The summed E-state index contributed by atoms with van der Waals surface area (Å²) in [7, 11) is 0. The molecule has 0 spiro atoms. The van der Waals surface area contributed by atoms with Crippen molar-refractivity contribution in [2.45, 2.75) is 85.7 Å². The van der Waals surface area contributed by atoms with Crippen molar-refractivity contribution < 1.29 is 9.53 Å². The van der Waals surface area contributed by atoms with Gasteiger partial charge in [-0.1, -0.05) is 13.8 Å². The number of pyridine rings is 1. The van der Waals surface area contributed by atoms with Gasteiger partial charge in [-0.3, -0.25) is 0 Å². The third-order valence-electron chi connectivity index (χ3n) is 7.36. The second-order valence-electron chi connectivity index (χ2n) is 11.3. The Morgan fingerprint density at radius 2 is 1.83 bits per heavy atom. The lowest BCUT2D eigenvalue weighted by Crippen LogP contribution is -2.27. The van der Waals surface area contributed by atoms with E-state index in [9.17, 15) is 4.79 Å². The van der Waals surface area contributed by atoms with Crippen LogP contribution in [0.25, 0.3) is 27.1 Å². The van der Waals surface area contributed by atoms with Gasteiger partial charge in [0.2, 0.25) is 0 Å². The fourth-order valence-corrected chi connectivity index (χ4v) is 7.04. The number of aryl methyl sites for hydroxylation is 2. The minimum Gasteiger partial charge on any atom is -0.443 e. The van der Waals surface area contributed by atoms with E-state index in [4.69, 9.17) is 4.74 Å². The van der Waals surface area contributed by atoms with Gasteiger partial charge >= 0.3 is 6.09 Å². The highest BCUT2D eigenvalue weighted by atomic mass is 32.1. The van der Waals surface area contributed by atoms with Crippen LogP contribution < -0.4 is 5.32 Å². The molecular weight excluding hydrogens is 470 g/mol. The number of fused-ring (bicyclic) bond motifs is 2. The fraction of sp³-hybridized carbons (Fsp3) is 0.536. The molecule has 1 fully saturated rings. The summed E-state index contributed by atoms with van der Waals surface area (Å²) in [5, 5.41) is 9.12. The highest BCUT2D eigenvalue weighted by molar-refractivity contribution is 7.19. The zero-order valence-corrected chi connectivity index (χ0v) is 23.5. The Morgan fingerprint density at radius 1 is 1.14 bits per heavy atom. The number of carbonyl (C=O) groups excluding carboxylic acids is 1. The topological polar surface area (TPSA) is 73.5 Å². The molecule has 0 aromatic carbocycles. The molecule has 5 rings (SSSR count). The van der Waals surface area contributed by atoms with Crippen molar-refractivity contribution in [1.29, 1.82) is 0 Å². The van der Waals surface area contributed by atoms with Gasteiger partial charge in [0.05, 0.1) is 5.69 Å². The van der Waals surface area contributed by atoms with E-state index in [0.29, 0.717) is 5.92 Å². The highest BCUT2D eigenvalue weighted by Crippen LogP contribution is 2.48. The van der Waals surface area contributed by atoms with Gasteiger partial charge < -0.3 is 10.1 Å². The molecule has 1 aliphatic rings. The van der Waals surface area contributed by atoms with Crippen LogP contribution in [-0.4, -0.2) is 43.9 Å². The van der Waals surface area contributed by atoms with Crippen LogP contribution in [0.5, 0.6) is 0 Å². The van der Waals surface area contributed by atoms with E-state index in [-0.39, 0.29) is 12.0 Å². The van der Waals surface area contributed by atoms with Crippen LogP contribution >= 0.6 is 11.3 Å². The maximum Gasteiger partial charge on any atom is 0.420 e. The predicted molar refractivity (Wildman–Crippen MR) is 147 cm³/mol. The summed E-state index contributed by atoms with van der Waals surface area (Å²) in [6.45, 7) is 18.7. The van der Waals surface area contributed by atoms with Crippen molar-refractivity contribution in [1.82, 2.24) is 24.5 Å². The summed E-state index contributed by atoms with van der Waals surface area (Å²) >= 11 is 1.77. The van der Waals surface area contributed by atoms with Gasteiger partial charge in [0.1, 0.15) is 16.8 Å². The number of rotatable bonds is 3. The second-order valence-corrected chi connectivity index (χ2v) is 12.4. The van der Waals surface area contributed by atoms with E-state index >= 15 is 0 Å². The third kappa shape index (κ3) is 4.04. The first-order chi connectivity index (χ1) is 17.0. The number of ether oxygens (including phenoxy) is 1. The standard InChI is InChI=1S/C28H37N5O2S/c1-15(2)21-22-18(5)24(19-9-11-29-12-10-19)36-26(22)33(27(34)35-28(6,7)8)23(21)20-13-32-25(30-14-31-32)17(4)16(20)3/h13-15,19,29H,9-12H2,1-8H3. The minimum absolute atomic E-state index is 0.214. The molecule has 0 aliphatic carbocycles. The van der Waals surface area contributed by atoms with E-state index in [2.05, 4.69) is 50.0 Å². The van der Waals surface area contributed by atoms with Gasteiger partial charge in [0.25, 0.3) is 0 Å². The minimum atomic E-state index is -0.603. The molecule has 7 nitrogen and oxygen atoms in total. The first-order valence-electron chi connectivity index (χ1n) is 12.9. The number of aromatic nitrogens is 4. The van der Waals surface area contributed by atoms with E-state index in [1.165, 1.54) is 21.4 Å². The van der Waals surface area contributed by atoms with E-state index in [1.54, 1.807) is 17.7 Å². The number of piperidine rings is 1. The maximum absolute atomic E-state index is 13.9. The van der Waals surface area contributed by atoms with Gasteiger partial charge in [-0.05, 0) is 102 Å². The maximum atomic E-state index is 13.9. The Kier molecular flexibility index (Phi) is 6.24. The van der Waals surface area contributed by atoms with Gasteiger partial charge in [0, 0.05) is 22.0 Å². The average molecular weight is 508 g/mol. The normalized spacial score (nSPS) is 15.5. The molecule has 0 unspecified atom stereocenters. The number of nitrogens with zero attached hydrogens (tertiary/aromatic N) is 4. The molecule has 192 valence electrons. The molecule has 0 atom stereocenters. The molecule has 4 aromatic rings. The molecule has 0 radical (unpaired) electrons. The Labute approximate surface area is 216 Å². The first kappa shape index (κ1) is 25.0. The zero-order valence-electron chi connectivity index (χ0n) is 22.7. The number of hydrogen-bond donors (Lipinski definition) is 1. The number of carbonyl (C=O) groups is 1. The Morgan fingerprint density at radius 3 is 2.47 bits per heavy atom. The molecule has 36 heavy (non-hydrogen) atoms. The monoisotopic (exact) mass is 507 g/mol. The van der Waals surface area contributed by atoms with Gasteiger partial charge in [-0.15, -0.1) is 11.3 Å². The average Bonchev–Trinajstić information content (AvgIpc) is 3.49. The molecule has 1 N–H and O–H groups in total. The number of nitrogens with one attached hydrogen (secondary N) is 1. The molecule has 8 heteroatoms. The molecule has 5 heterocycles. The molecule has 1 aliphatic heterocycles. The second kappa shape index (κ2) is 8.99. The Balaban J connectivity index is 1.86. The summed E-state index contributed by atoms with van der Waals surface area (Å²) < 4.78 is 9.68.